The summed E-state index contributed by atoms with van der Waals surface area (Å²) in [5.41, 5.74) is 0. The van der Waals surface area contributed by atoms with Gasteiger partial charge in [-0.25, -0.2) is 0 Å². The molecule has 1 aliphatic heterocycles. The van der Waals surface area contributed by atoms with Crippen LogP contribution in [-0.2, 0) is 9.59 Å². The van der Waals surface area contributed by atoms with Gasteiger partial charge in [-0.2, -0.15) is 0 Å². The average Bonchev–Trinajstić information content (AvgIpc) is 2.18. The van der Waals surface area contributed by atoms with Gasteiger partial charge in [-0.1, -0.05) is 6.08 Å². The molecule has 0 aromatic heterocycles. The summed E-state index contributed by atoms with van der Waals surface area (Å²) in [6, 6.07) is 0. The molecule has 75 valence electrons. The second-order valence-corrected chi connectivity index (χ2v) is 2.77. The Morgan fingerprint density at radius 2 is 2.36 bits per heavy atom. The van der Waals surface area contributed by atoms with E-state index in [1.54, 1.807) is 18.4 Å². The Hall–Kier alpha value is -1.65. The first-order valence-corrected chi connectivity index (χ1v) is 4.22. The van der Waals surface area contributed by atoms with E-state index in [0.29, 0.717) is 12.5 Å². The Kier molecular flexibility index (Phi) is 3.84. The van der Waals surface area contributed by atoms with Gasteiger partial charge < -0.3 is 10.4 Å². The molecule has 0 aromatic rings. The van der Waals surface area contributed by atoms with Crippen LogP contribution in [-0.4, -0.2) is 36.3 Å². The Morgan fingerprint density at radius 1 is 1.57 bits per heavy atom. The molecule has 1 rings (SSSR count). The fourth-order valence-corrected chi connectivity index (χ4v) is 0.968. The lowest BCUT2D eigenvalue weighted by molar-refractivity contribution is -0.136. The predicted octanol–water partition coefficient (Wildman–Crippen LogP) is -0.208. The van der Waals surface area contributed by atoms with E-state index in [-0.39, 0.29) is 18.9 Å². The minimum atomic E-state index is -0.924. The number of aliphatic carboxylic acids is 1. The van der Waals surface area contributed by atoms with Crippen molar-refractivity contribution in [3.8, 4) is 0 Å². The van der Waals surface area contributed by atoms with E-state index in [4.69, 9.17) is 5.11 Å². The fourth-order valence-electron chi connectivity index (χ4n) is 0.968. The predicted molar refractivity (Wildman–Crippen MR) is 51.0 cm³/mol. The van der Waals surface area contributed by atoms with Crippen molar-refractivity contribution in [3.05, 3.63) is 18.1 Å². The van der Waals surface area contributed by atoms with Crippen molar-refractivity contribution in [3.63, 3.8) is 0 Å². The van der Waals surface area contributed by atoms with Crippen LogP contribution in [0.25, 0.3) is 0 Å². The second-order valence-electron chi connectivity index (χ2n) is 2.77. The molecule has 0 aliphatic carbocycles. The van der Waals surface area contributed by atoms with Crippen LogP contribution < -0.4 is 5.32 Å². The topological polar surface area (TPSA) is 78.8 Å². The van der Waals surface area contributed by atoms with Crippen molar-refractivity contribution in [1.29, 1.82) is 0 Å². The summed E-state index contributed by atoms with van der Waals surface area (Å²) < 4.78 is 0. The largest absolute Gasteiger partial charge is 0.481 e. The molecule has 1 radical (unpaired) electrons. The highest BCUT2D eigenvalue weighted by molar-refractivity contribution is 5.95. The molecule has 0 saturated carbocycles. The van der Waals surface area contributed by atoms with Gasteiger partial charge in [0.1, 0.15) is 5.92 Å². The maximum Gasteiger partial charge on any atom is 0.305 e. The standard InChI is InChI=1S/C9H11N2O3/c12-8(13)3-5-11-9(14)7-2-1-4-10-6-7/h1-2,4H,3,5-6H2,(H,11,14)(H,12,13). The van der Waals surface area contributed by atoms with Crippen molar-refractivity contribution < 1.29 is 14.7 Å². The molecule has 1 heterocycles. The first kappa shape index (κ1) is 10.4. The Labute approximate surface area is 81.5 Å². The molecule has 5 nitrogen and oxygen atoms in total. The van der Waals surface area contributed by atoms with Crippen LogP contribution in [0, 0.1) is 5.92 Å². The molecule has 0 fully saturated rings. The van der Waals surface area contributed by atoms with Crippen molar-refractivity contribution in [2.45, 2.75) is 6.42 Å². The van der Waals surface area contributed by atoms with Gasteiger partial charge in [0.05, 0.1) is 13.0 Å². The summed E-state index contributed by atoms with van der Waals surface area (Å²) in [4.78, 5) is 25.4. The normalized spacial score (nSPS) is 15.4. The van der Waals surface area contributed by atoms with Crippen molar-refractivity contribution in [1.82, 2.24) is 5.32 Å². The number of carboxylic acids is 1. The number of carboxylic acid groups (broad SMARTS) is 1. The smallest absolute Gasteiger partial charge is 0.305 e. The zero-order chi connectivity index (χ0) is 10.4. The molecule has 0 bridgehead atoms. The number of amides is 1. The molecule has 0 unspecified atom stereocenters. The Bertz CT molecular complexity index is 284. The maximum atomic E-state index is 11.3. The molecule has 2 N–H and O–H groups in total. The molecular weight excluding hydrogens is 184 g/mol. The van der Waals surface area contributed by atoms with Gasteiger partial charge >= 0.3 is 5.97 Å². The molecule has 0 spiro atoms. The van der Waals surface area contributed by atoms with Crippen molar-refractivity contribution >= 4 is 18.1 Å². The third kappa shape index (κ3) is 3.38. The molecule has 0 atom stereocenters. The number of hydrogen-bond donors (Lipinski definition) is 2. The third-order valence-corrected chi connectivity index (χ3v) is 1.67. The van der Waals surface area contributed by atoms with Gasteiger partial charge in [-0.15, -0.1) is 0 Å². The van der Waals surface area contributed by atoms with Crippen LogP contribution in [0.2, 0.25) is 0 Å². The summed E-state index contributed by atoms with van der Waals surface area (Å²) in [6.07, 6.45) is 4.90. The number of nitrogens with one attached hydrogen (secondary N) is 1. The summed E-state index contributed by atoms with van der Waals surface area (Å²) >= 11 is 0. The van der Waals surface area contributed by atoms with Crippen LogP contribution in [0.15, 0.2) is 17.1 Å². The van der Waals surface area contributed by atoms with Gasteiger partial charge in [0.15, 0.2) is 0 Å². The lowest BCUT2D eigenvalue weighted by Gasteiger charge is -2.10. The lowest BCUT2D eigenvalue weighted by Crippen LogP contribution is -2.32. The molecular formula is C9H11N2O3. The van der Waals surface area contributed by atoms with E-state index >= 15 is 0 Å². The zero-order valence-corrected chi connectivity index (χ0v) is 7.56. The highest BCUT2D eigenvalue weighted by Gasteiger charge is 2.16. The molecule has 1 aliphatic rings. The molecule has 0 aromatic carbocycles. The van der Waals surface area contributed by atoms with E-state index in [1.165, 1.54) is 0 Å². The number of dihydropyridines is 1. The van der Waals surface area contributed by atoms with Crippen LogP contribution in [0.3, 0.4) is 0 Å². The summed E-state index contributed by atoms with van der Waals surface area (Å²) in [5, 5.41) is 10.8. The monoisotopic (exact) mass is 195 g/mol. The summed E-state index contributed by atoms with van der Waals surface area (Å²) in [6.45, 7) is 0.505. The van der Waals surface area contributed by atoms with Gasteiger partial charge in [0.2, 0.25) is 5.91 Å². The van der Waals surface area contributed by atoms with Gasteiger partial charge in [-0.05, 0) is 6.08 Å². The van der Waals surface area contributed by atoms with Gasteiger partial charge in [0, 0.05) is 12.8 Å². The number of hydrogen-bond acceptors (Lipinski definition) is 3. The van der Waals surface area contributed by atoms with E-state index in [2.05, 4.69) is 10.3 Å². The van der Waals surface area contributed by atoms with Gasteiger partial charge in [0.25, 0.3) is 0 Å². The van der Waals surface area contributed by atoms with Gasteiger partial charge in [-0.3, -0.25) is 14.6 Å². The first-order chi connectivity index (χ1) is 6.70. The number of carbonyl (C=O) groups excluding carboxylic acids is 1. The molecule has 5 heteroatoms. The van der Waals surface area contributed by atoms with Crippen LogP contribution >= 0.6 is 0 Å². The van der Waals surface area contributed by atoms with E-state index < -0.39 is 5.97 Å². The zero-order valence-electron chi connectivity index (χ0n) is 7.56. The molecule has 1 amide bonds. The quantitative estimate of drug-likeness (QED) is 0.651. The van der Waals surface area contributed by atoms with Crippen molar-refractivity contribution in [2.24, 2.45) is 4.99 Å². The van der Waals surface area contributed by atoms with Crippen LogP contribution in [0.5, 0.6) is 0 Å². The van der Waals surface area contributed by atoms with E-state index in [0.717, 1.165) is 0 Å². The minimum Gasteiger partial charge on any atom is -0.481 e. The first-order valence-electron chi connectivity index (χ1n) is 4.22. The lowest BCUT2D eigenvalue weighted by atomic mass is 10.1. The Morgan fingerprint density at radius 3 is 2.93 bits per heavy atom. The number of allylic oxidation sites excluding steroid dienone is 1. The number of carbonyl (C=O) groups is 2. The SMILES string of the molecule is O=C(O)CCNC(=O)[C]1C=CC=NC1. The fraction of sp³-hybridized carbons (Fsp3) is 0.333. The second kappa shape index (κ2) is 5.16. The highest BCUT2D eigenvalue weighted by atomic mass is 16.4. The summed E-state index contributed by atoms with van der Waals surface area (Å²) in [7, 11) is 0. The highest BCUT2D eigenvalue weighted by Crippen LogP contribution is 2.05. The number of rotatable bonds is 4. The maximum absolute atomic E-state index is 11.3. The van der Waals surface area contributed by atoms with E-state index in [9.17, 15) is 9.59 Å². The number of aliphatic imine (C=N–C) groups is 1. The van der Waals surface area contributed by atoms with E-state index in [1.807, 2.05) is 0 Å². The Balaban J connectivity index is 2.25. The van der Waals surface area contributed by atoms with Crippen LogP contribution in [0.4, 0.5) is 0 Å². The van der Waals surface area contributed by atoms with Crippen LogP contribution in [0.1, 0.15) is 6.42 Å². The molecule has 14 heavy (non-hydrogen) atoms. The van der Waals surface area contributed by atoms with Crippen molar-refractivity contribution in [2.75, 3.05) is 13.1 Å². The summed E-state index contributed by atoms with van der Waals surface area (Å²) in [5.74, 6) is -0.621. The third-order valence-electron chi connectivity index (χ3n) is 1.67. The molecule has 0 saturated heterocycles. The minimum absolute atomic E-state index is 0.0635. The number of nitrogens with zero attached hydrogens (tertiary/aromatic N) is 1. The average molecular weight is 195 g/mol.